The Bertz CT molecular complexity index is 826. The van der Waals surface area contributed by atoms with E-state index in [1.54, 1.807) is 12.1 Å². The highest BCUT2D eigenvalue weighted by molar-refractivity contribution is 5.97. The van der Waals surface area contributed by atoms with Crippen molar-refractivity contribution in [1.82, 2.24) is 0 Å². The number of esters is 1. The fourth-order valence-corrected chi connectivity index (χ4v) is 2.31. The Hall–Kier alpha value is -3.22. The summed E-state index contributed by atoms with van der Waals surface area (Å²) in [5.41, 5.74) is 1.19. The molecule has 2 rings (SSSR count). The number of nitrogens with zero attached hydrogens (tertiary/aromatic N) is 1. The first kappa shape index (κ1) is 19.1. The minimum absolute atomic E-state index is 0.0298. The van der Waals surface area contributed by atoms with Gasteiger partial charge in [0.2, 0.25) is 0 Å². The minimum atomic E-state index is -0.694. The van der Waals surface area contributed by atoms with E-state index in [1.165, 1.54) is 19.2 Å². The van der Waals surface area contributed by atoms with Gasteiger partial charge in [-0.3, -0.25) is 14.9 Å². The Balaban J connectivity index is 2.14. The second-order valence-electron chi connectivity index (χ2n) is 5.92. The van der Waals surface area contributed by atoms with Gasteiger partial charge in [-0.2, -0.15) is 0 Å². The van der Waals surface area contributed by atoms with E-state index < -0.39 is 16.6 Å². The maximum atomic E-state index is 12.2. The van der Waals surface area contributed by atoms with Crippen molar-refractivity contribution >= 4 is 17.4 Å². The first-order valence-corrected chi connectivity index (χ1v) is 7.96. The van der Waals surface area contributed by atoms with Gasteiger partial charge in [0.05, 0.1) is 17.6 Å². The molecule has 0 saturated heterocycles. The van der Waals surface area contributed by atoms with Crippen LogP contribution in [0.25, 0.3) is 0 Å². The largest absolute Gasteiger partial charge is 0.478 e. The lowest BCUT2D eigenvalue weighted by Gasteiger charge is -2.09. The van der Waals surface area contributed by atoms with Crippen LogP contribution in [0.5, 0.6) is 5.75 Å². The van der Waals surface area contributed by atoms with Crippen molar-refractivity contribution in [3.63, 3.8) is 0 Å². The van der Waals surface area contributed by atoms with Crippen LogP contribution in [0.2, 0.25) is 0 Å². The topological polar surface area (TPSA) is 95.7 Å². The molecule has 0 atom stereocenters. The van der Waals surface area contributed by atoms with Crippen molar-refractivity contribution in [2.24, 2.45) is 0 Å². The standard InChI is InChI=1S/C19H19NO6/c1-12(2)13-4-6-14(7-5-13)17(21)11-26-18-9-8-15(19(22)25-3)10-16(18)20(23)24/h4-10,12H,11H2,1-3H3. The van der Waals surface area contributed by atoms with Crippen molar-refractivity contribution in [1.29, 1.82) is 0 Å². The van der Waals surface area contributed by atoms with Crippen LogP contribution < -0.4 is 4.74 Å². The van der Waals surface area contributed by atoms with Crippen LogP contribution in [0.3, 0.4) is 0 Å². The van der Waals surface area contributed by atoms with Crippen molar-refractivity contribution in [2.45, 2.75) is 19.8 Å². The third-order valence-corrected chi connectivity index (χ3v) is 3.83. The summed E-state index contributed by atoms with van der Waals surface area (Å²) in [6, 6.07) is 10.8. The zero-order valence-electron chi connectivity index (χ0n) is 14.7. The lowest BCUT2D eigenvalue weighted by Crippen LogP contribution is -2.13. The smallest absolute Gasteiger partial charge is 0.338 e. The number of carbonyl (C=O) groups excluding carboxylic acids is 2. The molecule has 2 aromatic carbocycles. The number of ketones is 1. The normalized spacial score (nSPS) is 10.5. The van der Waals surface area contributed by atoms with E-state index in [1.807, 2.05) is 12.1 Å². The SMILES string of the molecule is COC(=O)c1ccc(OCC(=O)c2ccc(C(C)C)cc2)c([N+](=O)[O-])c1. The fraction of sp³-hybridized carbons (Fsp3) is 0.263. The Morgan fingerprint density at radius 3 is 2.23 bits per heavy atom. The summed E-state index contributed by atoms with van der Waals surface area (Å²) in [6.07, 6.45) is 0. The van der Waals surface area contributed by atoms with Crippen LogP contribution in [0, 0.1) is 10.1 Å². The first-order chi connectivity index (χ1) is 12.3. The van der Waals surface area contributed by atoms with Gasteiger partial charge in [0.15, 0.2) is 18.1 Å². The number of Topliss-reactive ketones (excluding diaryl/α,β-unsaturated/α-hetero) is 1. The van der Waals surface area contributed by atoms with Gasteiger partial charge in [-0.1, -0.05) is 38.1 Å². The summed E-state index contributed by atoms with van der Waals surface area (Å²) in [6.45, 7) is 3.76. The molecule has 0 bridgehead atoms. The Kier molecular flexibility index (Phi) is 6.06. The van der Waals surface area contributed by atoms with Crippen LogP contribution in [0.4, 0.5) is 5.69 Å². The summed E-state index contributed by atoms with van der Waals surface area (Å²) >= 11 is 0. The molecule has 0 aliphatic rings. The third kappa shape index (κ3) is 4.44. The van der Waals surface area contributed by atoms with Crippen molar-refractivity contribution < 1.29 is 24.0 Å². The second kappa shape index (κ2) is 8.24. The summed E-state index contributed by atoms with van der Waals surface area (Å²) in [4.78, 5) is 34.2. The van der Waals surface area contributed by atoms with Gasteiger partial charge < -0.3 is 9.47 Å². The molecular weight excluding hydrogens is 338 g/mol. The van der Waals surface area contributed by atoms with Crippen LogP contribution in [0.1, 0.15) is 46.0 Å². The Morgan fingerprint density at radius 1 is 1.08 bits per heavy atom. The molecule has 0 aromatic heterocycles. The fourth-order valence-electron chi connectivity index (χ4n) is 2.31. The second-order valence-corrected chi connectivity index (χ2v) is 5.92. The molecule has 0 heterocycles. The molecule has 0 fully saturated rings. The van der Waals surface area contributed by atoms with Crippen LogP contribution in [-0.2, 0) is 4.74 Å². The summed E-state index contributed by atoms with van der Waals surface area (Å²) in [5, 5.41) is 11.2. The zero-order valence-corrected chi connectivity index (χ0v) is 14.7. The number of nitro benzene ring substituents is 1. The highest BCUT2D eigenvalue weighted by Gasteiger charge is 2.20. The van der Waals surface area contributed by atoms with E-state index in [9.17, 15) is 19.7 Å². The first-order valence-electron chi connectivity index (χ1n) is 7.96. The average molecular weight is 357 g/mol. The molecule has 0 saturated carbocycles. The van der Waals surface area contributed by atoms with Crippen LogP contribution in [-0.4, -0.2) is 30.4 Å². The van der Waals surface area contributed by atoms with Crippen molar-refractivity contribution in [2.75, 3.05) is 13.7 Å². The predicted molar refractivity (Wildman–Crippen MR) is 94.8 cm³/mol. The van der Waals surface area contributed by atoms with Crippen LogP contribution in [0.15, 0.2) is 42.5 Å². The van der Waals surface area contributed by atoms with E-state index >= 15 is 0 Å². The molecular formula is C19H19NO6. The maximum absolute atomic E-state index is 12.2. The van der Waals surface area contributed by atoms with Crippen molar-refractivity contribution in [3.8, 4) is 5.75 Å². The number of hydrogen-bond donors (Lipinski definition) is 0. The van der Waals surface area contributed by atoms with E-state index in [0.29, 0.717) is 11.5 Å². The monoisotopic (exact) mass is 357 g/mol. The Labute approximate surface area is 150 Å². The van der Waals surface area contributed by atoms with E-state index in [2.05, 4.69) is 18.6 Å². The van der Waals surface area contributed by atoms with Gasteiger partial charge in [-0.15, -0.1) is 0 Å². The number of nitro groups is 1. The minimum Gasteiger partial charge on any atom is -0.478 e. The van der Waals surface area contributed by atoms with E-state index in [0.717, 1.165) is 11.6 Å². The molecule has 2 aromatic rings. The van der Waals surface area contributed by atoms with Gasteiger partial charge >= 0.3 is 11.7 Å². The quantitative estimate of drug-likeness (QED) is 0.324. The van der Waals surface area contributed by atoms with Crippen LogP contribution >= 0.6 is 0 Å². The van der Waals surface area contributed by atoms with Gasteiger partial charge in [-0.25, -0.2) is 4.79 Å². The molecule has 0 spiro atoms. The molecule has 0 amide bonds. The highest BCUT2D eigenvalue weighted by atomic mass is 16.6. The summed E-state index contributed by atoms with van der Waals surface area (Å²) < 4.78 is 9.85. The molecule has 0 N–H and O–H groups in total. The maximum Gasteiger partial charge on any atom is 0.338 e. The van der Waals surface area contributed by atoms with E-state index in [4.69, 9.17) is 4.74 Å². The molecule has 0 aliphatic carbocycles. The van der Waals surface area contributed by atoms with Gasteiger partial charge in [0, 0.05) is 11.6 Å². The Morgan fingerprint density at radius 2 is 1.69 bits per heavy atom. The number of carbonyl (C=O) groups is 2. The molecule has 0 radical (unpaired) electrons. The predicted octanol–water partition coefficient (Wildman–Crippen LogP) is 3.77. The number of hydrogen-bond acceptors (Lipinski definition) is 6. The van der Waals surface area contributed by atoms with Crippen molar-refractivity contribution in [3.05, 3.63) is 69.3 Å². The molecule has 26 heavy (non-hydrogen) atoms. The number of benzene rings is 2. The highest BCUT2D eigenvalue weighted by Crippen LogP contribution is 2.28. The lowest BCUT2D eigenvalue weighted by atomic mass is 10.0. The van der Waals surface area contributed by atoms with E-state index in [-0.39, 0.29) is 23.7 Å². The average Bonchev–Trinajstić information content (AvgIpc) is 2.65. The summed E-state index contributed by atoms with van der Waals surface area (Å²) in [7, 11) is 1.18. The van der Waals surface area contributed by atoms with Gasteiger partial charge in [0.25, 0.3) is 0 Å². The van der Waals surface area contributed by atoms with Gasteiger partial charge in [0.1, 0.15) is 0 Å². The third-order valence-electron chi connectivity index (χ3n) is 3.83. The molecule has 7 nitrogen and oxygen atoms in total. The number of methoxy groups -OCH3 is 1. The molecule has 0 aliphatic heterocycles. The zero-order chi connectivity index (χ0) is 19.3. The number of rotatable bonds is 7. The lowest BCUT2D eigenvalue weighted by molar-refractivity contribution is -0.385. The number of ether oxygens (including phenoxy) is 2. The van der Waals surface area contributed by atoms with Gasteiger partial charge in [-0.05, 0) is 23.6 Å². The molecule has 0 unspecified atom stereocenters. The molecule has 136 valence electrons. The molecule has 7 heteroatoms. The summed E-state index contributed by atoms with van der Waals surface area (Å²) in [5.74, 6) is -0.728.